The number of likely N-dealkylation sites (tertiary alicyclic amines) is 1. The molecule has 0 radical (unpaired) electrons. The SMILES string of the molecule is CC(C)(C)OC(=O)N1CC(OCc2ccccc2)C(CN)(O[Si](C)(C)C)C1. The van der Waals surface area contributed by atoms with Crippen LogP contribution in [-0.2, 0) is 20.5 Å². The largest absolute Gasteiger partial charge is 0.444 e. The van der Waals surface area contributed by atoms with Gasteiger partial charge >= 0.3 is 6.09 Å². The molecule has 1 aromatic rings. The minimum absolute atomic E-state index is 0.288. The Bertz CT molecular complexity index is 627. The molecule has 0 saturated carbocycles. The number of carbonyl (C=O) groups excluding carboxylic acids is 1. The second-order valence-electron chi connectivity index (χ2n) is 9.13. The third-order valence-corrected chi connectivity index (χ3v) is 5.25. The van der Waals surface area contributed by atoms with E-state index in [9.17, 15) is 4.79 Å². The summed E-state index contributed by atoms with van der Waals surface area (Å²) in [5.41, 5.74) is 5.98. The molecule has 2 N–H and O–H groups in total. The third kappa shape index (κ3) is 6.31. The van der Waals surface area contributed by atoms with Crippen LogP contribution in [0.5, 0.6) is 0 Å². The second-order valence-corrected chi connectivity index (χ2v) is 13.6. The van der Waals surface area contributed by atoms with E-state index in [1.807, 2.05) is 51.1 Å². The average molecular weight is 395 g/mol. The first kappa shape index (κ1) is 21.9. The van der Waals surface area contributed by atoms with Gasteiger partial charge in [-0.1, -0.05) is 30.3 Å². The molecule has 1 saturated heterocycles. The molecule has 1 amide bonds. The molecule has 2 rings (SSSR count). The summed E-state index contributed by atoms with van der Waals surface area (Å²) in [5, 5.41) is 0. The summed E-state index contributed by atoms with van der Waals surface area (Å²) in [5.74, 6) is 0. The van der Waals surface area contributed by atoms with E-state index in [0.29, 0.717) is 19.7 Å². The number of nitrogens with zero attached hydrogens (tertiary/aromatic N) is 1. The van der Waals surface area contributed by atoms with Gasteiger partial charge in [0.2, 0.25) is 0 Å². The first-order valence-electron chi connectivity index (χ1n) is 9.48. The molecule has 27 heavy (non-hydrogen) atoms. The fourth-order valence-electron chi connectivity index (χ4n) is 3.24. The van der Waals surface area contributed by atoms with Crippen molar-refractivity contribution >= 4 is 14.4 Å². The van der Waals surface area contributed by atoms with E-state index < -0.39 is 19.5 Å². The van der Waals surface area contributed by atoms with Gasteiger partial charge in [0.25, 0.3) is 0 Å². The van der Waals surface area contributed by atoms with Crippen molar-refractivity contribution in [3.63, 3.8) is 0 Å². The number of amides is 1. The number of rotatable bonds is 6. The molecule has 1 heterocycles. The number of hydrogen-bond donors (Lipinski definition) is 1. The number of carbonyl (C=O) groups is 1. The molecule has 152 valence electrons. The summed E-state index contributed by atoms with van der Waals surface area (Å²) in [4.78, 5) is 14.3. The average Bonchev–Trinajstić information content (AvgIpc) is 2.90. The van der Waals surface area contributed by atoms with Gasteiger partial charge in [0.15, 0.2) is 8.32 Å². The van der Waals surface area contributed by atoms with Crippen LogP contribution >= 0.6 is 0 Å². The summed E-state index contributed by atoms with van der Waals surface area (Å²) < 4.78 is 18.3. The Morgan fingerprint density at radius 2 is 1.89 bits per heavy atom. The van der Waals surface area contributed by atoms with Crippen LogP contribution in [0.15, 0.2) is 30.3 Å². The topological polar surface area (TPSA) is 74.0 Å². The van der Waals surface area contributed by atoms with Crippen LogP contribution in [-0.4, -0.2) is 56.3 Å². The zero-order valence-corrected chi connectivity index (χ0v) is 18.5. The summed E-state index contributed by atoms with van der Waals surface area (Å²) >= 11 is 0. The normalized spacial score (nSPS) is 23.5. The maximum absolute atomic E-state index is 12.6. The number of nitrogens with two attached hydrogens (primary N) is 1. The van der Waals surface area contributed by atoms with Gasteiger partial charge in [-0.25, -0.2) is 4.79 Å². The number of hydrogen-bond acceptors (Lipinski definition) is 5. The van der Waals surface area contributed by atoms with Crippen LogP contribution in [0.25, 0.3) is 0 Å². The molecule has 1 aliphatic rings. The summed E-state index contributed by atoms with van der Waals surface area (Å²) in [6.45, 7) is 13.5. The molecule has 1 fully saturated rings. The van der Waals surface area contributed by atoms with Crippen molar-refractivity contribution in [1.29, 1.82) is 0 Å². The Morgan fingerprint density at radius 3 is 2.41 bits per heavy atom. The highest BCUT2D eigenvalue weighted by molar-refractivity contribution is 6.69. The Morgan fingerprint density at radius 1 is 1.26 bits per heavy atom. The molecule has 0 aliphatic carbocycles. The van der Waals surface area contributed by atoms with Gasteiger partial charge in [-0.3, -0.25) is 0 Å². The third-order valence-electron chi connectivity index (χ3n) is 4.23. The van der Waals surface area contributed by atoms with Gasteiger partial charge in [-0.15, -0.1) is 0 Å². The van der Waals surface area contributed by atoms with Crippen molar-refractivity contribution in [3.8, 4) is 0 Å². The fraction of sp³-hybridized carbons (Fsp3) is 0.650. The van der Waals surface area contributed by atoms with E-state index >= 15 is 0 Å². The zero-order chi connectivity index (χ0) is 20.3. The molecule has 1 aromatic carbocycles. The van der Waals surface area contributed by atoms with Crippen molar-refractivity contribution in [2.24, 2.45) is 5.73 Å². The molecule has 0 bridgehead atoms. The van der Waals surface area contributed by atoms with E-state index in [4.69, 9.17) is 19.6 Å². The minimum Gasteiger partial charge on any atom is -0.444 e. The van der Waals surface area contributed by atoms with E-state index in [-0.39, 0.29) is 18.7 Å². The maximum atomic E-state index is 12.6. The van der Waals surface area contributed by atoms with Crippen molar-refractivity contribution in [3.05, 3.63) is 35.9 Å². The summed E-state index contributed by atoms with van der Waals surface area (Å²) in [7, 11) is -1.92. The lowest BCUT2D eigenvalue weighted by Gasteiger charge is -2.38. The minimum atomic E-state index is -1.92. The first-order valence-corrected chi connectivity index (χ1v) is 12.9. The van der Waals surface area contributed by atoms with Crippen molar-refractivity contribution in [1.82, 2.24) is 4.90 Å². The van der Waals surface area contributed by atoms with Crippen LogP contribution in [0.4, 0.5) is 4.79 Å². The van der Waals surface area contributed by atoms with Gasteiger partial charge in [0.05, 0.1) is 19.7 Å². The quantitative estimate of drug-likeness (QED) is 0.749. The zero-order valence-electron chi connectivity index (χ0n) is 17.5. The van der Waals surface area contributed by atoms with Gasteiger partial charge in [0, 0.05) is 6.54 Å². The van der Waals surface area contributed by atoms with Gasteiger partial charge < -0.3 is 24.5 Å². The van der Waals surface area contributed by atoms with Gasteiger partial charge in [-0.05, 0) is 46.0 Å². The summed E-state index contributed by atoms with van der Waals surface area (Å²) in [6, 6.07) is 9.97. The van der Waals surface area contributed by atoms with Gasteiger partial charge in [0.1, 0.15) is 17.3 Å². The lowest BCUT2D eigenvalue weighted by Crippen LogP contribution is -2.56. The predicted molar refractivity (Wildman–Crippen MR) is 109 cm³/mol. The predicted octanol–water partition coefficient (Wildman–Crippen LogP) is 3.37. The number of ether oxygens (including phenoxy) is 2. The molecule has 2 unspecified atom stereocenters. The highest BCUT2D eigenvalue weighted by Gasteiger charge is 2.51. The molecular formula is C20H34N2O4Si. The van der Waals surface area contributed by atoms with Crippen LogP contribution < -0.4 is 5.73 Å². The molecule has 6 nitrogen and oxygen atoms in total. The highest BCUT2D eigenvalue weighted by Crippen LogP contribution is 2.32. The molecule has 2 atom stereocenters. The standard InChI is InChI=1S/C20H34N2O4Si/c1-19(2,3)25-18(23)22-12-17(24-13-16-10-8-7-9-11-16)20(14-21,15-22)26-27(4,5)6/h7-11,17H,12-15,21H2,1-6H3. The maximum Gasteiger partial charge on any atom is 0.410 e. The molecule has 7 heteroatoms. The fourth-order valence-corrected chi connectivity index (χ4v) is 4.74. The highest BCUT2D eigenvalue weighted by atomic mass is 28.4. The van der Waals surface area contributed by atoms with Gasteiger partial charge in [-0.2, -0.15) is 0 Å². The lowest BCUT2D eigenvalue weighted by atomic mass is 10.0. The van der Waals surface area contributed by atoms with Crippen LogP contribution in [0.1, 0.15) is 26.3 Å². The second kappa shape index (κ2) is 8.30. The van der Waals surface area contributed by atoms with Crippen LogP contribution in [0, 0.1) is 0 Å². The number of benzene rings is 1. The van der Waals surface area contributed by atoms with Crippen molar-refractivity contribution in [2.45, 2.75) is 64.3 Å². The molecule has 0 aromatic heterocycles. The van der Waals surface area contributed by atoms with Crippen LogP contribution in [0.2, 0.25) is 19.6 Å². The van der Waals surface area contributed by atoms with Crippen molar-refractivity contribution in [2.75, 3.05) is 19.6 Å². The molecule has 1 aliphatic heterocycles. The van der Waals surface area contributed by atoms with E-state index in [1.54, 1.807) is 4.90 Å². The Labute approximate surface area is 164 Å². The Hall–Kier alpha value is -1.41. The smallest absolute Gasteiger partial charge is 0.410 e. The van der Waals surface area contributed by atoms with Crippen molar-refractivity contribution < 1.29 is 18.7 Å². The Balaban J connectivity index is 2.18. The van der Waals surface area contributed by atoms with Crippen LogP contribution in [0.3, 0.4) is 0 Å². The van der Waals surface area contributed by atoms with E-state index in [0.717, 1.165) is 5.56 Å². The first-order chi connectivity index (χ1) is 12.4. The Kier molecular flexibility index (Phi) is 6.73. The molecular weight excluding hydrogens is 360 g/mol. The van der Waals surface area contributed by atoms with E-state index in [1.165, 1.54) is 0 Å². The van der Waals surface area contributed by atoms with E-state index in [2.05, 4.69) is 19.6 Å². The summed E-state index contributed by atoms with van der Waals surface area (Å²) in [6.07, 6.45) is -0.660. The monoisotopic (exact) mass is 394 g/mol. The molecule has 0 spiro atoms. The lowest BCUT2D eigenvalue weighted by molar-refractivity contribution is -0.0682.